The molecule has 2 aromatic rings. The standard InChI is InChI=1S/C23H29N5O3/c1-22(2,3)16-8-11-23(12-9-16)20(30)28(21(31)26-23)14-19(29)25-17-6-4-15(5-7-17)18-10-13-24-27-18/h4-7,10,13,16H,8-9,11-12,14H2,1-3H3,(H,24,27)(H,25,29)(H,26,31). The summed E-state index contributed by atoms with van der Waals surface area (Å²) in [6.45, 7) is 6.34. The topological polar surface area (TPSA) is 107 Å². The molecular formula is C23H29N5O3. The molecule has 2 fully saturated rings. The summed E-state index contributed by atoms with van der Waals surface area (Å²) >= 11 is 0. The van der Waals surface area contributed by atoms with E-state index < -0.39 is 17.5 Å². The predicted octanol–water partition coefficient (Wildman–Crippen LogP) is 3.54. The van der Waals surface area contributed by atoms with Crippen LogP contribution in [-0.4, -0.2) is 45.0 Å². The third-order valence-corrected chi connectivity index (χ3v) is 6.59. The zero-order valence-electron chi connectivity index (χ0n) is 18.2. The molecule has 3 N–H and O–H groups in total. The van der Waals surface area contributed by atoms with E-state index in [2.05, 4.69) is 41.6 Å². The number of hydrogen-bond donors (Lipinski definition) is 3. The minimum absolute atomic E-state index is 0.180. The number of amides is 4. The van der Waals surface area contributed by atoms with Gasteiger partial charge in [0, 0.05) is 11.9 Å². The van der Waals surface area contributed by atoms with E-state index in [0.717, 1.165) is 29.0 Å². The molecule has 0 radical (unpaired) electrons. The molecule has 4 amide bonds. The number of imide groups is 1. The van der Waals surface area contributed by atoms with Crippen molar-refractivity contribution in [3.05, 3.63) is 36.5 Å². The van der Waals surface area contributed by atoms with Gasteiger partial charge in [0.05, 0.1) is 5.69 Å². The number of aromatic amines is 1. The Morgan fingerprint density at radius 3 is 2.42 bits per heavy atom. The number of aromatic nitrogens is 2. The summed E-state index contributed by atoms with van der Waals surface area (Å²) in [4.78, 5) is 39.1. The molecule has 1 saturated heterocycles. The lowest BCUT2D eigenvalue weighted by Crippen LogP contribution is -2.50. The zero-order valence-corrected chi connectivity index (χ0v) is 18.2. The Balaban J connectivity index is 1.36. The Kier molecular flexibility index (Phi) is 5.33. The van der Waals surface area contributed by atoms with Gasteiger partial charge < -0.3 is 10.6 Å². The molecule has 2 aliphatic rings. The highest BCUT2D eigenvalue weighted by Gasteiger charge is 2.53. The van der Waals surface area contributed by atoms with E-state index in [9.17, 15) is 14.4 Å². The molecule has 2 heterocycles. The van der Waals surface area contributed by atoms with Crippen LogP contribution in [-0.2, 0) is 9.59 Å². The van der Waals surface area contributed by atoms with Crippen LogP contribution in [0.4, 0.5) is 10.5 Å². The van der Waals surface area contributed by atoms with Crippen molar-refractivity contribution in [1.82, 2.24) is 20.4 Å². The minimum Gasteiger partial charge on any atom is -0.325 e. The van der Waals surface area contributed by atoms with Crippen molar-refractivity contribution >= 4 is 23.5 Å². The summed E-state index contributed by atoms with van der Waals surface area (Å²) in [7, 11) is 0. The zero-order chi connectivity index (χ0) is 22.2. The lowest BCUT2D eigenvalue weighted by molar-refractivity contribution is -0.135. The van der Waals surface area contributed by atoms with Crippen LogP contribution < -0.4 is 10.6 Å². The van der Waals surface area contributed by atoms with Gasteiger partial charge in [-0.2, -0.15) is 5.10 Å². The molecule has 1 spiro atoms. The number of nitrogens with zero attached hydrogens (tertiary/aromatic N) is 2. The van der Waals surface area contributed by atoms with Crippen LogP contribution in [0, 0.1) is 11.3 Å². The van der Waals surface area contributed by atoms with Gasteiger partial charge in [-0.15, -0.1) is 0 Å². The maximum absolute atomic E-state index is 13.1. The number of benzene rings is 1. The highest BCUT2D eigenvalue weighted by Crippen LogP contribution is 2.43. The molecule has 1 saturated carbocycles. The second kappa shape index (κ2) is 7.83. The van der Waals surface area contributed by atoms with Gasteiger partial charge >= 0.3 is 6.03 Å². The summed E-state index contributed by atoms with van der Waals surface area (Å²) in [5, 5.41) is 12.5. The van der Waals surface area contributed by atoms with E-state index in [1.165, 1.54) is 0 Å². The number of carbonyl (C=O) groups is 3. The van der Waals surface area contributed by atoms with Crippen molar-refractivity contribution in [1.29, 1.82) is 0 Å². The first kappa shape index (κ1) is 21.1. The van der Waals surface area contributed by atoms with E-state index in [4.69, 9.17) is 0 Å². The Hall–Kier alpha value is -3.16. The van der Waals surface area contributed by atoms with E-state index in [1.807, 2.05) is 18.2 Å². The smallest absolute Gasteiger partial charge is 0.325 e. The van der Waals surface area contributed by atoms with Gasteiger partial charge in [-0.1, -0.05) is 32.9 Å². The number of H-pyrrole nitrogens is 1. The largest absolute Gasteiger partial charge is 0.325 e. The van der Waals surface area contributed by atoms with Crippen LogP contribution in [0.1, 0.15) is 46.5 Å². The fourth-order valence-electron chi connectivity index (χ4n) is 4.63. The summed E-state index contributed by atoms with van der Waals surface area (Å²) in [5.41, 5.74) is 1.74. The molecule has 8 nitrogen and oxygen atoms in total. The first-order chi connectivity index (χ1) is 14.7. The summed E-state index contributed by atoms with van der Waals surface area (Å²) in [6.07, 6.45) is 4.68. The van der Waals surface area contributed by atoms with Gasteiger partial charge in [-0.3, -0.25) is 19.6 Å². The average molecular weight is 424 g/mol. The molecule has 8 heteroatoms. The fraction of sp³-hybridized carbons (Fsp3) is 0.478. The molecule has 0 atom stereocenters. The molecule has 4 rings (SSSR count). The third-order valence-electron chi connectivity index (χ3n) is 6.59. The molecule has 1 aliphatic carbocycles. The van der Waals surface area contributed by atoms with Crippen molar-refractivity contribution in [2.45, 2.75) is 52.0 Å². The van der Waals surface area contributed by atoms with Gasteiger partial charge in [-0.25, -0.2) is 4.79 Å². The summed E-state index contributed by atoms with van der Waals surface area (Å²) in [6, 6.07) is 8.64. The lowest BCUT2D eigenvalue weighted by atomic mass is 9.67. The first-order valence-corrected chi connectivity index (χ1v) is 10.7. The Morgan fingerprint density at radius 1 is 1.16 bits per heavy atom. The fourth-order valence-corrected chi connectivity index (χ4v) is 4.63. The van der Waals surface area contributed by atoms with Gasteiger partial charge in [0.15, 0.2) is 0 Å². The van der Waals surface area contributed by atoms with Crippen LogP contribution in [0.5, 0.6) is 0 Å². The van der Waals surface area contributed by atoms with Gasteiger partial charge in [0.1, 0.15) is 12.1 Å². The van der Waals surface area contributed by atoms with E-state index in [1.54, 1.807) is 18.3 Å². The number of rotatable bonds is 4. The van der Waals surface area contributed by atoms with Crippen LogP contribution in [0.25, 0.3) is 11.3 Å². The minimum atomic E-state index is -0.856. The van der Waals surface area contributed by atoms with E-state index in [0.29, 0.717) is 24.4 Å². The monoisotopic (exact) mass is 423 g/mol. The molecule has 1 aromatic carbocycles. The molecule has 164 valence electrons. The van der Waals surface area contributed by atoms with Crippen LogP contribution in [0.15, 0.2) is 36.5 Å². The van der Waals surface area contributed by atoms with E-state index in [-0.39, 0.29) is 17.9 Å². The maximum Gasteiger partial charge on any atom is 0.325 e. The first-order valence-electron chi connectivity index (χ1n) is 10.7. The second-order valence-corrected chi connectivity index (χ2v) is 9.64. The third kappa shape index (κ3) is 4.19. The molecule has 31 heavy (non-hydrogen) atoms. The molecule has 0 bridgehead atoms. The van der Waals surface area contributed by atoms with Gasteiger partial charge in [0.25, 0.3) is 5.91 Å². The second-order valence-electron chi connectivity index (χ2n) is 9.64. The Bertz CT molecular complexity index is 968. The molecule has 1 aliphatic heterocycles. The lowest BCUT2D eigenvalue weighted by Gasteiger charge is -2.40. The SMILES string of the molecule is CC(C)(C)C1CCC2(CC1)NC(=O)N(CC(=O)Nc1ccc(-c3ccn[nH]3)cc1)C2=O. The summed E-state index contributed by atoms with van der Waals surface area (Å²) in [5.74, 6) is -0.169. The van der Waals surface area contributed by atoms with E-state index >= 15 is 0 Å². The molecular weight excluding hydrogens is 394 g/mol. The maximum atomic E-state index is 13.1. The normalized spacial score (nSPS) is 23.8. The number of anilines is 1. The van der Waals surface area contributed by atoms with Crippen molar-refractivity contribution in [3.8, 4) is 11.3 Å². The summed E-state index contributed by atoms with van der Waals surface area (Å²) < 4.78 is 0. The Labute approximate surface area is 181 Å². The van der Waals surface area contributed by atoms with Gasteiger partial charge in [-0.05, 0) is 60.8 Å². The van der Waals surface area contributed by atoms with Crippen LogP contribution in [0.3, 0.4) is 0 Å². The quantitative estimate of drug-likeness (QED) is 0.654. The predicted molar refractivity (Wildman–Crippen MR) is 117 cm³/mol. The van der Waals surface area contributed by atoms with Crippen molar-refractivity contribution < 1.29 is 14.4 Å². The Morgan fingerprint density at radius 2 is 1.84 bits per heavy atom. The van der Waals surface area contributed by atoms with Crippen molar-refractivity contribution in [2.24, 2.45) is 11.3 Å². The van der Waals surface area contributed by atoms with Crippen molar-refractivity contribution in [2.75, 3.05) is 11.9 Å². The van der Waals surface area contributed by atoms with Crippen molar-refractivity contribution in [3.63, 3.8) is 0 Å². The number of nitrogens with one attached hydrogen (secondary N) is 3. The molecule has 1 aromatic heterocycles. The number of hydrogen-bond acceptors (Lipinski definition) is 4. The number of carbonyl (C=O) groups excluding carboxylic acids is 3. The van der Waals surface area contributed by atoms with Gasteiger partial charge in [0.2, 0.25) is 5.91 Å². The molecule has 0 unspecified atom stereocenters. The van der Waals surface area contributed by atoms with Crippen LogP contribution >= 0.6 is 0 Å². The highest BCUT2D eigenvalue weighted by molar-refractivity contribution is 6.10. The highest BCUT2D eigenvalue weighted by atomic mass is 16.2. The number of urea groups is 1. The average Bonchev–Trinajstić information content (AvgIpc) is 3.32. The van der Waals surface area contributed by atoms with Crippen LogP contribution in [0.2, 0.25) is 0 Å².